The van der Waals surface area contributed by atoms with Crippen molar-refractivity contribution in [3.63, 3.8) is 0 Å². The molecule has 1 aliphatic carbocycles. The fourth-order valence-corrected chi connectivity index (χ4v) is 6.03. The van der Waals surface area contributed by atoms with Crippen molar-refractivity contribution in [3.05, 3.63) is 15.9 Å². The van der Waals surface area contributed by atoms with Crippen LogP contribution < -0.4 is 4.72 Å². The van der Waals surface area contributed by atoms with Crippen molar-refractivity contribution in [3.8, 4) is 0 Å². The van der Waals surface area contributed by atoms with Crippen LogP contribution in [0.25, 0.3) is 0 Å². The zero-order valence-corrected chi connectivity index (χ0v) is 14.3. The van der Waals surface area contributed by atoms with E-state index < -0.39 is 10.0 Å². The van der Waals surface area contributed by atoms with E-state index in [0.717, 1.165) is 35.4 Å². The quantitative estimate of drug-likeness (QED) is 0.851. The fraction of sp³-hybridized carbons (Fsp3) is 0.692. The van der Waals surface area contributed by atoms with Gasteiger partial charge in [0.25, 0.3) is 0 Å². The standard InChI is InChI=1S/C13H20BrNO2S2/c1-2-3-10-4-6-11(7-5-10)15-19(16,17)13-9-8-12(14)18-13/h8-11,15H,2-7H2,1H3. The highest BCUT2D eigenvalue weighted by Crippen LogP contribution is 2.30. The minimum Gasteiger partial charge on any atom is -0.207 e. The van der Waals surface area contributed by atoms with E-state index in [0.29, 0.717) is 4.21 Å². The summed E-state index contributed by atoms with van der Waals surface area (Å²) >= 11 is 4.56. The van der Waals surface area contributed by atoms with Gasteiger partial charge in [-0.25, -0.2) is 13.1 Å². The predicted molar refractivity (Wildman–Crippen MR) is 83.0 cm³/mol. The number of thiophene rings is 1. The molecule has 1 aromatic rings. The first-order valence-electron chi connectivity index (χ1n) is 6.79. The summed E-state index contributed by atoms with van der Waals surface area (Å²) in [4.78, 5) is 0. The fourth-order valence-electron chi connectivity index (χ4n) is 2.70. The monoisotopic (exact) mass is 365 g/mol. The van der Waals surface area contributed by atoms with E-state index in [9.17, 15) is 8.42 Å². The lowest BCUT2D eigenvalue weighted by molar-refractivity contribution is 0.297. The van der Waals surface area contributed by atoms with Gasteiger partial charge in [0.2, 0.25) is 10.0 Å². The molecule has 0 radical (unpaired) electrons. The lowest BCUT2D eigenvalue weighted by atomic mass is 9.84. The SMILES string of the molecule is CCCC1CCC(NS(=O)(=O)c2ccc(Br)s2)CC1. The van der Waals surface area contributed by atoms with Crippen molar-refractivity contribution in [2.75, 3.05) is 0 Å². The highest BCUT2D eigenvalue weighted by atomic mass is 79.9. The van der Waals surface area contributed by atoms with Gasteiger partial charge in [0.15, 0.2) is 0 Å². The van der Waals surface area contributed by atoms with Gasteiger partial charge in [-0.15, -0.1) is 11.3 Å². The van der Waals surface area contributed by atoms with Crippen LogP contribution in [0.3, 0.4) is 0 Å². The maximum Gasteiger partial charge on any atom is 0.250 e. The number of hydrogen-bond acceptors (Lipinski definition) is 3. The van der Waals surface area contributed by atoms with Crippen LogP contribution in [0.15, 0.2) is 20.1 Å². The number of nitrogens with one attached hydrogen (secondary N) is 1. The molecule has 1 aromatic heterocycles. The summed E-state index contributed by atoms with van der Waals surface area (Å²) in [5, 5.41) is 0. The van der Waals surface area contributed by atoms with Gasteiger partial charge in [-0.05, 0) is 59.7 Å². The van der Waals surface area contributed by atoms with E-state index in [-0.39, 0.29) is 6.04 Å². The summed E-state index contributed by atoms with van der Waals surface area (Å²) in [6.07, 6.45) is 6.73. The first-order valence-corrected chi connectivity index (χ1v) is 9.88. The van der Waals surface area contributed by atoms with Crippen molar-refractivity contribution in [1.82, 2.24) is 4.72 Å². The molecule has 0 saturated heterocycles. The summed E-state index contributed by atoms with van der Waals surface area (Å²) in [6.45, 7) is 2.21. The molecule has 0 spiro atoms. The Morgan fingerprint density at radius 3 is 2.53 bits per heavy atom. The molecule has 3 nitrogen and oxygen atoms in total. The molecule has 19 heavy (non-hydrogen) atoms. The van der Waals surface area contributed by atoms with Gasteiger partial charge in [0.05, 0.1) is 3.79 Å². The van der Waals surface area contributed by atoms with Crippen LogP contribution >= 0.6 is 27.3 Å². The third kappa shape index (κ3) is 4.28. The minimum absolute atomic E-state index is 0.110. The second-order valence-corrected chi connectivity index (χ2v) is 9.59. The topological polar surface area (TPSA) is 46.2 Å². The van der Waals surface area contributed by atoms with E-state index >= 15 is 0 Å². The highest BCUT2D eigenvalue weighted by Gasteiger charge is 2.26. The smallest absolute Gasteiger partial charge is 0.207 e. The van der Waals surface area contributed by atoms with Crippen molar-refractivity contribution >= 4 is 37.3 Å². The van der Waals surface area contributed by atoms with E-state index in [2.05, 4.69) is 27.6 Å². The number of rotatable bonds is 5. The summed E-state index contributed by atoms with van der Waals surface area (Å²) in [7, 11) is -3.33. The van der Waals surface area contributed by atoms with Crippen LogP contribution in [0.4, 0.5) is 0 Å². The molecular weight excluding hydrogens is 346 g/mol. The normalized spacial score (nSPS) is 24.5. The van der Waals surface area contributed by atoms with Crippen LogP contribution in [0.1, 0.15) is 45.4 Å². The average Bonchev–Trinajstić information content (AvgIpc) is 2.79. The van der Waals surface area contributed by atoms with Crippen molar-refractivity contribution in [2.45, 2.75) is 55.7 Å². The summed E-state index contributed by atoms with van der Waals surface area (Å²) in [5.41, 5.74) is 0. The third-order valence-electron chi connectivity index (χ3n) is 3.68. The van der Waals surface area contributed by atoms with Gasteiger partial charge in [0.1, 0.15) is 4.21 Å². The lowest BCUT2D eigenvalue weighted by Gasteiger charge is -2.28. The van der Waals surface area contributed by atoms with E-state index in [1.807, 2.05) is 0 Å². The van der Waals surface area contributed by atoms with Crippen LogP contribution in [0.5, 0.6) is 0 Å². The average molecular weight is 366 g/mol. The van der Waals surface area contributed by atoms with Crippen LogP contribution in [-0.2, 0) is 10.0 Å². The van der Waals surface area contributed by atoms with Gasteiger partial charge in [-0.3, -0.25) is 0 Å². The van der Waals surface area contributed by atoms with E-state index in [1.165, 1.54) is 24.2 Å². The van der Waals surface area contributed by atoms with Gasteiger partial charge in [-0.2, -0.15) is 0 Å². The van der Waals surface area contributed by atoms with Crippen LogP contribution in [0, 0.1) is 5.92 Å². The molecule has 2 rings (SSSR count). The molecule has 1 heterocycles. The Labute approximate surface area is 128 Å². The molecule has 1 saturated carbocycles. The minimum atomic E-state index is -3.33. The first-order chi connectivity index (χ1) is 9.01. The Hall–Kier alpha value is 0.0900. The summed E-state index contributed by atoms with van der Waals surface area (Å²) < 4.78 is 28.5. The summed E-state index contributed by atoms with van der Waals surface area (Å²) in [5.74, 6) is 0.793. The molecule has 1 fully saturated rings. The molecular formula is C13H20BrNO2S2. The van der Waals surface area contributed by atoms with Gasteiger partial charge in [0, 0.05) is 6.04 Å². The Morgan fingerprint density at radius 1 is 1.32 bits per heavy atom. The highest BCUT2D eigenvalue weighted by molar-refractivity contribution is 9.11. The van der Waals surface area contributed by atoms with Crippen molar-refractivity contribution in [1.29, 1.82) is 0 Å². The number of hydrogen-bond donors (Lipinski definition) is 1. The van der Waals surface area contributed by atoms with Crippen molar-refractivity contribution in [2.24, 2.45) is 5.92 Å². The van der Waals surface area contributed by atoms with Crippen LogP contribution in [0.2, 0.25) is 0 Å². The molecule has 6 heteroatoms. The van der Waals surface area contributed by atoms with Crippen molar-refractivity contribution < 1.29 is 8.42 Å². The van der Waals surface area contributed by atoms with E-state index in [4.69, 9.17) is 0 Å². The Bertz CT molecular complexity index is 504. The molecule has 1 aliphatic rings. The molecule has 0 bridgehead atoms. The van der Waals surface area contributed by atoms with Gasteiger partial charge >= 0.3 is 0 Å². The Balaban J connectivity index is 1.92. The third-order valence-corrected chi connectivity index (χ3v) is 7.31. The zero-order valence-electron chi connectivity index (χ0n) is 11.1. The maximum absolute atomic E-state index is 12.2. The van der Waals surface area contributed by atoms with E-state index in [1.54, 1.807) is 12.1 Å². The van der Waals surface area contributed by atoms with Crippen LogP contribution in [-0.4, -0.2) is 14.5 Å². The molecule has 0 atom stereocenters. The first kappa shape index (κ1) is 15.5. The Kier molecular flexibility index (Phi) is 5.45. The van der Waals surface area contributed by atoms with Gasteiger partial charge < -0.3 is 0 Å². The second-order valence-electron chi connectivity index (χ2n) is 5.19. The molecule has 0 unspecified atom stereocenters. The lowest BCUT2D eigenvalue weighted by Crippen LogP contribution is -2.37. The second kappa shape index (κ2) is 6.70. The Morgan fingerprint density at radius 2 is 2.00 bits per heavy atom. The number of sulfonamides is 1. The molecule has 0 aromatic carbocycles. The molecule has 108 valence electrons. The molecule has 0 amide bonds. The molecule has 1 N–H and O–H groups in total. The van der Waals surface area contributed by atoms with Gasteiger partial charge in [-0.1, -0.05) is 19.8 Å². The predicted octanol–water partition coefficient (Wildman–Crippen LogP) is 4.15. The maximum atomic E-state index is 12.2. The number of halogens is 1. The molecule has 0 aliphatic heterocycles. The largest absolute Gasteiger partial charge is 0.250 e. The zero-order chi connectivity index (χ0) is 13.9. The summed E-state index contributed by atoms with van der Waals surface area (Å²) in [6, 6.07) is 3.54.